The summed E-state index contributed by atoms with van der Waals surface area (Å²) in [6, 6.07) is 12.8. The summed E-state index contributed by atoms with van der Waals surface area (Å²) in [6.45, 7) is -0.361. The lowest BCUT2D eigenvalue weighted by atomic mass is 10.1. The number of nitrogens with one attached hydrogen (secondary N) is 1. The van der Waals surface area contributed by atoms with E-state index in [2.05, 4.69) is 10.1 Å². The molecule has 0 saturated carbocycles. The van der Waals surface area contributed by atoms with E-state index in [1.165, 1.54) is 19.1 Å². The van der Waals surface area contributed by atoms with Gasteiger partial charge in [-0.3, -0.25) is 13.9 Å². The number of aryl methyl sites for hydroxylation is 1. The number of carbonyl (C=O) groups is 2. The highest BCUT2D eigenvalue weighted by molar-refractivity contribution is 7.85. The second-order valence-corrected chi connectivity index (χ2v) is 8.52. The summed E-state index contributed by atoms with van der Waals surface area (Å²) >= 11 is 0. The Morgan fingerprint density at radius 1 is 1.12 bits per heavy atom. The van der Waals surface area contributed by atoms with Crippen molar-refractivity contribution in [2.75, 3.05) is 43.8 Å². The maximum absolute atomic E-state index is 13.1. The Balaban J connectivity index is 2.29. The van der Waals surface area contributed by atoms with Gasteiger partial charge in [-0.15, -0.1) is 0 Å². The van der Waals surface area contributed by atoms with Crippen LogP contribution in [0.2, 0.25) is 0 Å². The molecule has 2 rings (SSSR count). The van der Waals surface area contributed by atoms with Gasteiger partial charge in [0, 0.05) is 12.1 Å². The Morgan fingerprint density at radius 3 is 2.39 bits per heavy atom. The van der Waals surface area contributed by atoms with E-state index in [9.17, 15) is 18.0 Å². The summed E-state index contributed by atoms with van der Waals surface area (Å²) < 4.78 is 37.6. The quantitative estimate of drug-likeness (QED) is 0.409. The van der Waals surface area contributed by atoms with Gasteiger partial charge < -0.3 is 14.8 Å². The van der Waals surface area contributed by atoms with Crippen molar-refractivity contribution < 1.29 is 31.7 Å². The number of hydrogen-bond acceptors (Lipinski definition) is 8. The largest absolute Gasteiger partial charge is 0.495 e. The minimum atomic E-state index is -3.70. The summed E-state index contributed by atoms with van der Waals surface area (Å²) in [7, 11) is -0.947. The molecule has 0 bridgehead atoms. The fourth-order valence-electron chi connectivity index (χ4n) is 2.88. The average Bonchev–Trinajstić information content (AvgIpc) is 2.80. The minimum absolute atomic E-state index is 0.0902. The van der Waals surface area contributed by atoms with Gasteiger partial charge in [-0.05, 0) is 48.4 Å². The van der Waals surface area contributed by atoms with Crippen LogP contribution in [-0.2, 0) is 30.3 Å². The zero-order chi connectivity index (χ0) is 24.4. The van der Waals surface area contributed by atoms with E-state index in [-0.39, 0.29) is 25.5 Å². The maximum Gasteiger partial charge on any atom is 0.326 e. The van der Waals surface area contributed by atoms with Crippen molar-refractivity contribution in [1.82, 2.24) is 0 Å². The molecule has 33 heavy (non-hydrogen) atoms. The lowest BCUT2D eigenvalue weighted by Crippen LogP contribution is -2.38. The number of amides is 2. The van der Waals surface area contributed by atoms with Gasteiger partial charge in [0.05, 0.1) is 50.9 Å². The number of methoxy groups -OCH3 is 2. The molecule has 0 aromatic heterocycles. The van der Waals surface area contributed by atoms with Crippen LogP contribution in [0.5, 0.6) is 5.75 Å². The SMILES string of the molecule is COC(=O)CCc1ccc(N(CCOS(C)(=O)=O)C(=O)Nc2ccc(C#N)cc2)c(OC)c1. The van der Waals surface area contributed by atoms with Crippen LogP contribution in [0.15, 0.2) is 42.5 Å². The van der Waals surface area contributed by atoms with Crippen molar-refractivity contribution in [3.05, 3.63) is 53.6 Å². The fraction of sp³-hybridized carbons (Fsp3) is 0.318. The lowest BCUT2D eigenvalue weighted by molar-refractivity contribution is -0.140. The number of esters is 1. The molecule has 0 aliphatic carbocycles. The van der Waals surface area contributed by atoms with Crippen molar-refractivity contribution in [2.45, 2.75) is 12.8 Å². The molecule has 0 aliphatic heterocycles. The van der Waals surface area contributed by atoms with Crippen LogP contribution in [0, 0.1) is 11.3 Å². The van der Waals surface area contributed by atoms with E-state index in [1.807, 2.05) is 6.07 Å². The van der Waals surface area contributed by atoms with Crippen molar-refractivity contribution >= 4 is 33.5 Å². The molecule has 0 spiro atoms. The molecule has 0 fully saturated rings. The highest BCUT2D eigenvalue weighted by Gasteiger charge is 2.21. The number of ether oxygens (including phenoxy) is 2. The Kier molecular flexibility index (Phi) is 9.20. The van der Waals surface area contributed by atoms with E-state index in [4.69, 9.17) is 14.2 Å². The molecule has 11 heteroatoms. The van der Waals surface area contributed by atoms with Gasteiger partial charge in [0.25, 0.3) is 10.1 Å². The monoisotopic (exact) mass is 475 g/mol. The Hall–Kier alpha value is -3.62. The third kappa shape index (κ3) is 8.10. The van der Waals surface area contributed by atoms with Gasteiger partial charge in [0.1, 0.15) is 5.75 Å². The number of benzene rings is 2. The van der Waals surface area contributed by atoms with E-state index < -0.39 is 16.1 Å². The standard InChI is InChI=1S/C22H25N3O7S/c1-30-20-14-16(7-11-21(26)31-2)6-10-19(20)25(12-13-32-33(3,28)29)22(27)24-18-8-4-17(15-23)5-9-18/h4-6,8-10,14H,7,11-13H2,1-3H3,(H,24,27). The summed E-state index contributed by atoms with van der Waals surface area (Å²) in [5, 5.41) is 11.6. The van der Waals surface area contributed by atoms with E-state index in [0.29, 0.717) is 29.1 Å². The maximum atomic E-state index is 13.1. The van der Waals surface area contributed by atoms with E-state index in [0.717, 1.165) is 11.8 Å². The molecule has 10 nitrogen and oxygen atoms in total. The van der Waals surface area contributed by atoms with Crippen molar-refractivity contribution in [1.29, 1.82) is 5.26 Å². The Morgan fingerprint density at radius 2 is 1.82 bits per heavy atom. The molecule has 2 aromatic carbocycles. The van der Waals surface area contributed by atoms with Gasteiger partial charge in [-0.25, -0.2) is 4.79 Å². The highest BCUT2D eigenvalue weighted by atomic mass is 32.2. The van der Waals surface area contributed by atoms with Crippen molar-refractivity contribution in [2.24, 2.45) is 0 Å². The minimum Gasteiger partial charge on any atom is -0.495 e. The van der Waals surface area contributed by atoms with Gasteiger partial charge >= 0.3 is 12.0 Å². The molecule has 0 unspecified atom stereocenters. The normalized spacial score (nSPS) is 10.7. The topological polar surface area (TPSA) is 135 Å². The fourth-order valence-corrected chi connectivity index (χ4v) is 3.26. The molecule has 1 N–H and O–H groups in total. The molecule has 0 aliphatic rings. The predicted molar refractivity (Wildman–Crippen MR) is 122 cm³/mol. The molecule has 0 saturated heterocycles. The third-order valence-corrected chi connectivity index (χ3v) is 5.10. The zero-order valence-corrected chi connectivity index (χ0v) is 19.3. The number of nitrogens with zero attached hydrogens (tertiary/aromatic N) is 2. The van der Waals surface area contributed by atoms with Gasteiger partial charge in [-0.1, -0.05) is 6.07 Å². The second-order valence-electron chi connectivity index (χ2n) is 6.88. The highest BCUT2D eigenvalue weighted by Crippen LogP contribution is 2.30. The molecule has 0 radical (unpaired) electrons. The molecule has 0 atom stereocenters. The van der Waals surface area contributed by atoms with Crippen LogP contribution >= 0.6 is 0 Å². The van der Waals surface area contributed by atoms with E-state index in [1.54, 1.807) is 42.5 Å². The number of hydrogen-bond donors (Lipinski definition) is 1. The van der Waals surface area contributed by atoms with Crippen molar-refractivity contribution in [3.8, 4) is 11.8 Å². The molecular weight excluding hydrogens is 450 g/mol. The number of nitriles is 1. The first-order valence-corrected chi connectivity index (χ1v) is 11.6. The second kappa shape index (κ2) is 11.8. The van der Waals surface area contributed by atoms with Gasteiger partial charge in [0.15, 0.2) is 0 Å². The van der Waals surface area contributed by atoms with E-state index >= 15 is 0 Å². The number of urea groups is 1. The smallest absolute Gasteiger partial charge is 0.326 e. The molecule has 176 valence electrons. The van der Waals surface area contributed by atoms with Gasteiger partial charge in [-0.2, -0.15) is 13.7 Å². The summed E-state index contributed by atoms with van der Waals surface area (Å²) in [5.74, 6) is 0.00564. The van der Waals surface area contributed by atoms with Crippen molar-refractivity contribution in [3.63, 3.8) is 0 Å². The first-order valence-electron chi connectivity index (χ1n) is 9.83. The summed E-state index contributed by atoms with van der Waals surface area (Å²) in [5.41, 5.74) is 2.06. The third-order valence-electron chi connectivity index (χ3n) is 4.50. The number of anilines is 2. The molecular formula is C22H25N3O7S. The van der Waals surface area contributed by atoms with Crippen LogP contribution < -0.4 is 15.0 Å². The van der Waals surface area contributed by atoms with Crippen LogP contribution in [0.3, 0.4) is 0 Å². The summed E-state index contributed by atoms with van der Waals surface area (Å²) in [6.07, 6.45) is 1.52. The number of carbonyl (C=O) groups excluding carboxylic acids is 2. The van der Waals surface area contributed by atoms with Crippen LogP contribution in [0.1, 0.15) is 17.5 Å². The first kappa shape index (κ1) is 25.6. The molecule has 2 amide bonds. The summed E-state index contributed by atoms with van der Waals surface area (Å²) in [4.78, 5) is 25.8. The Bertz CT molecular complexity index is 1130. The Labute approximate surface area is 192 Å². The lowest BCUT2D eigenvalue weighted by Gasteiger charge is -2.25. The van der Waals surface area contributed by atoms with Crippen LogP contribution in [0.25, 0.3) is 0 Å². The zero-order valence-electron chi connectivity index (χ0n) is 18.5. The molecule has 2 aromatic rings. The van der Waals surface area contributed by atoms with Gasteiger partial charge in [0.2, 0.25) is 0 Å². The first-order chi connectivity index (χ1) is 15.7. The molecule has 0 heterocycles. The predicted octanol–water partition coefficient (Wildman–Crippen LogP) is 2.69. The number of rotatable bonds is 10. The van der Waals surface area contributed by atoms with Crippen LogP contribution in [-0.4, -0.2) is 54.0 Å². The average molecular weight is 476 g/mol. The van der Waals surface area contributed by atoms with Crippen LogP contribution in [0.4, 0.5) is 16.2 Å².